The van der Waals surface area contributed by atoms with Gasteiger partial charge in [-0.3, -0.25) is 4.79 Å². The molecule has 0 atom stereocenters. The zero-order valence-corrected chi connectivity index (χ0v) is 17.1. The van der Waals surface area contributed by atoms with E-state index in [-0.39, 0.29) is 17.9 Å². The van der Waals surface area contributed by atoms with Crippen LogP contribution >= 0.6 is 11.6 Å². The standard InChI is InChI=1S/C20H27ClN6O2/c21-17-14-16(4-5-18(17)27-11-3-9-24-27)25-20(29)23-8-1-2-10-26-12-6-15(7-13-26)19(22)28/h3-5,9,11,14-15H,1-2,6-8,10,12-13H2,(H2,22,28)(H2,23,25,29). The van der Waals surface area contributed by atoms with Crippen molar-refractivity contribution in [2.75, 3.05) is 31.5 Å². The number of hydrogen-bond acceptors (Lipinski definition) is 4. The fourth-order valence-corrected chi connectivity index (χ4v) is 3.73. The van der Waals surface area contributed by atoms with Gasteiger partial charge in [0, 0.05) is 30.5 Å². The van der Waals surface area contributed by atoms with E-state index in [0.717, 1.165) is 51.0 Å². The van der Waals surface area contributed by atoms with Crippen LogP contribution in [-0.2, 0) is 4.79 Å². The van der Waals surface area contributed by atoms with Gasteiger partial charge in [-0.25, -0.2) is 9.48 Å². The topological polar surface area (TPSA) is 105 Å². The normalized spacial score (nSPS) is 15.2. The number of nitrogens with one attached hydrogen (secondary N) is 2. The van der Waals surface area contributed by atoms with E-state index in [1.54, 1.807) is 29.2 Å². The second-order valence-corrected chi connectivity index (χ2v) is 7.63. The molecule has 1 fully saturated rings. The molecule has 29 heavy (non-hydrogen) atoms. The van der Waals surface area contributed by atoms with E-state index in [1.165, 1.54) is 0 Å². The van der Waals surface area contributed by atoms with Crippen LogP contribution in [0.15, 0.2) is 36.7 Å². The number of halogens is 1. The molecule has 4 N–H and O–H groups in total. The molecule has 3 rings (SSSR count). The maximum Gasteiger partial charge on any atom is 0.319 e. The van der Waals surface area contributed by atoms with Gasteiger partial charge in [0.05, 0.1) is 10.7 Å². The molecule has 8 nitrogen and oxygen atoms in total. The molecule has 1 saturated heterocycles. The molecule has 1 aromatic carbocycles. The quantitative estimate of drug-likeness (QED) is 0.573. The molecule has 1 aliphatic rings. The summed E-state index contributed by atoms with van der Waals surface area (Å²) < 4.78 is 1.67. The fraction of sp³-hybridized carbons (Fsp3) is 0.450. The number of nitrogens with zero attached hydrogens (tertiary/aromatic N) is 3. The molecule has 0 spiro atoms. The number of rotatable bonds is 8. The zero-order valence-electron chi connectivity index (χ0n) is 16.3. The second-order valence-electron chi connectivity index (χ2n) is 7.22. The van der Waals surface area contributed by atoms with E-state index in [4.69, 9.17) is 17.3 Å². The number of aromatic nitrogens is 2. The highest BCUT2D eigenvalue weighted by molar-refractivity contribution is 6.32. The lowest BCUT2D eigenvalue weighted by Crippen LogP contribution is -2.39. The summed E-state index contributed by atoms with van der Waals surface area (Å²) in [6.45, 7) is 3.40. The Kier molecular flexibility index (Phi) is 7.48. The van der Waals surface area contributed by atoms with E-state index in [0.29, 0.717) is 17.3 Å². The second kappa shape index (κ2) is 10.3. The number of carbonyl (C=O) groups excluding carboxylic acids is 2. The lowest BCUT2D eigenvalue weighted by molar-refractivity contribution is -0.123. The van der Waals surface area contributed by atoms with Crippen molar-refractivity contribution in [3.63, 3.8) is 0 Å². The number of primary amides is 1. The van der Waals surface area contributed by atoms with Gasteiger partial charge in [-0.1, -0.05) is 11.6 Å². The minimum absolute atomic E-state index is 0.0266. The van der Waals surface area contributed by atoms with Crippen LogP contribution in [0.25, 0.3) is 5.69 Å². The molecule has 2 aromatic rings. The summed E-state index contributed by atoms with van der Waals surface area (Å²) in [6, 6.07) is 6.87. The highest BCUT2D eigenvalue weighted by atomic mass is 35.5. The molecule has 0 saturated carbocycles. The summed E-state index contributed by atoms with van der Waals surface area (Å²) in [5.41, 5.74) is 6.74. The predicted molar refractivity (Wildman–Crippen MR) is 113 cm³/mol. The molecule has 0 unspecified atom stereocenters. The third kappa shape index (κ3) is 6.20. The number of carbonyl (C=O) groups is 2. The number of unbranched alkanes of at least 4 members (excludes halogenated alkanes) is 1. The lowest BCUT2D eigenvalue weighted by atomic mass is 9.96. The molecule has 0 bridgehead atoms. The van der Waals surface area contributed by atoms with Crippen LogP contribution in [0.4, 0.5) is 10.5 Å². The smallest absolute Gasteiger partial charge is 0.319 e. The van der Waals surface area contributed by atoms with Crippen LogP contribution in [0.5, 0.6) is 0 Å². The highest BCUT2D eigenvalue weighted by Crippen LogP contribution is 2.23. The van der Waals surface area contributed by atoms with Crippen LogP contribution in [-0.4, -0.2) is 52.8 Å². The molecule has 1 aromatic heterocycles. The van der Waals surface area contributed by atoms with Gasteiger partial charge in [0.1, 0.15) is 0 Å². The Bertz CT molecular complexity index is 818. The molecule has 1 aliphatic heterocycles. The Morgan fingerprint density at radius 1 is 1.24 bits per heavy atom. The SMILES string of the molecule is NC(=O)C1CCN(CCCCNC(=O)Nc2ccc(-n3cccn3)c(Cl)c2)CC1. The largest absolute Gasteiger partial charge is 0.369 e. The van der Waals surface area contributed by atoms with Gasteiger partial charge < -0.3 is 21.3 Å². The van der Waals surface area contributed by atoms with Crippen LogP contribution in [0.2, 0.25) is 5.02 Å². The van der Waals surface area contributed by atoms with E-state index in [2.05, 4.69) is 20.6 Å². The third-order valence-electron chi connectivity index (χ3n) is 5.13. The molecular formula is C20H27ClN6O2. The van der Waals surface area contributed by atoms with E-state index < -0.39 is 0 Å². The van der Waals surface area contributed by atoms with Gasteiger partial charge >= 0.3 is 6.03 Å². The number of benzene rings is 1. The van der Waals surface area contributed by atoms with Crippen molar-refractivity contribution in [2.45, 2.75) is 25.7 Å². The Balaban J connectivity index is 1.32. The molecule has 3 amide bonds. The molecule has 9 heteroatoms. The predicted octanol–water partition coefficient (Wildman–Crippen LogP) is 2.62. The number of nitrogens with two attached hydrogens (primary N) is 1. The molecule has 2 heterocycles. The van der Waals surface area contributed by atoms with E-state index in [1.807, 2.05) is 12.1 Å². The number of anilines is 1. The summed E-state index contributed by atoms with van der Waals surface area (Å²) >= 11 is 6.29. The Labute approximate surface area is 175 Å². The molecule has 0 aliphatic carbocycles. The average molecular weight is 419 g/mol. The number of piperidine rings is 1. The first-order valence-electron chi connectivity index (χ1n) is 9.89. The number of amides is 3. The highest BCUT2D eigenvalue weighted by Gasteiger charge is 2.22. The monoisotopic (exact) mass is 418 g/mol. The maximum absolute atomic E-state index is 12.1. The van der Waals surface area contributed by atoms with E-state index in [9.17, 15) is 9.59 Å². The van der Waals surface area contributed by atoms with Crippen molar-refractivity contribution >= 4 is 29.2 Å². The third-order valence-corrected chi connectivity index (χ3v) is 5.44. The maximum atomic E-state index is 12.1. The minimum Gasteiger partial charge on any atom is -0.369 e. The van der Waals surface area contributed by atoms with Crippen LogP contribution in [0.3, 0.4) is 0 Å². The van der Waals surface area contributed by atoms with Gasteiger partial charge in [-0.15, -0.1) is 0 Å². The van der Waals surface area contributed by atoms with Crippen molar-refractivity contribution in [1.82, 2.24) is 20.0 Å². The van der Waals surface area contributed by atoms with Crippen molar-refractivity contribution in [3.8, 4) is 5.69 Å². The summed E-state index contributed by atoms with van der Waals surface area (Å²) in [7, 11) is 0. The average Bonchev–Trinajstić information content (AvgIpc) is 3.22. The zero-order chi connectivity index (χ0) is 20.6. The Morgan fingerprint density at radius 3 is 2.69 bits per heavy atom. The van der Waals surface area contributed by atoms with Gasteiger partial charge in [0.15, 0.2) is 0 Å². The van der Waals surface area contributed by atoms with Gasteiger partial charge in [-0.2, -0.15) is 5.10 Å². The summed E-state index contributed by atoms with van der Waals surface area (Å²) in [4.78, 5) is 25.6. The van der Waals surface area contributed by atoms with Gasteiger partial charge in [0.2, 0.25) is 5.91 Å². The van der Waals surface area contributed by atoms with Crippen molar-refractivity contribution in [3.05, 3.63) is 41.7 Å². The summed E-state index contributed by atoms with van der Waals surface area (Å²) in [5.74, 6) is -0.157. The Morgan fingerprint density at radius 2 is 2.03 bits per heavy atom. The lowest BCUT2D eigenvalue weighted by Gasteiger charge is -2.30. The molecule has 156 valence electrons. The van der Waals surface area contributed by atoms with Crippen molar-refractivity contribution < 1.29 is 9.59 Å². The number of hydrogen-bond donors (Lipinski definition) is 3. The first kappa shape index (κ1) is 21.1. The van der Waals surface area contributed by atoms with Crippen molar-refractivity contribution in [2.24, 2.45) is 11.7 Å². The van der Waals surface area contributed by atoms with E-state index >= 15 is 0 Å². The van der Waals surface area contributed by atoms with Crippen LogP contribution in [0, 0.1) is 5.92 Å². The summed E-state index contributed by atoms with van der Waals surface area (Å²) in [5, 5.41) is 10.3. The first-order valence-corrected chi connectivity index (χ1v) is 10.3. The fourth-order valence-electron chi connectivity index (χ4n) is 3.46. The minimum atomic E-state index is -0.254. The Hall–Kier alpha value is -2.58. The first-order chi connectivity index (χ1) is 14.0. The number of urea groups is 1. The molecule has 0 radical (unpaired) electrons. The number of likely N-dealkylation sites (tertiary alicyclic amines) is 1. The van der Waals surface area contributed by atoms with Gasteiger partial charge in [0.25, 0.3) is 0 Å². The summed E-state index contributed by atoms with van der Waals surface area (Å²) in [6.07, 6.45) is 7.06. The molecular weight excluding hydrogens is 392 g/mol. The van der Waals surface area contributed by atoms with Crippen LogP contribution < -0.4 is 16.4 Å². The van der Waals surface area contributed by atoms with Crippen molar-refractivity contribution in [1.29, 1.82) is 0 Å². The van der Waals surface area contributed by atoms with Gasteiger partial charge in [-0.05, 0) is 69.6 Å². The van der Waals surface area contributed by atoms with Crippen LogP contribution in [0.1, 0.15) is 25.7 Å².